The second-order valence-corrected chi connectivity index (χ2v) is 4.00. The number of hydrogen-bond acceptors (Lipinski definition) is 4. The highest BCUT2D eigenvalue weighted by molar-refractivity contribution is 4.66. The van der Waals surface area contributed by atoms with Gasteiger partial charge >= 0.3 is 0 Å². The summed E-state index contributed by atoms with van der Waals surface area (Å²) in [5.74, 6) is 0. The largest absolute Gasteiger partial charge is 0.311 e. The fourth-order valence-corrected chi connectivity index (χ4v) is 1.71. The standard InChI is InChI=1S/C11H23N5/c1-4-15(5-2)8-11(3)13-6-7-16-10-12-9-14-16/h9-11,13H,4-8H2,1-3H3. The van der Waals surface area contributed by atoms with Crippen molar-refractivity contribution in [2.24, 2.45) is 0 Å². The Balaban J connectivity index is 2.12. The van der Waals surface area contributed by atoms with E-state index in [2.05, 4.69) is 41.1 Å². The van der Waals surface area contributed by atoms with Crippen molar-refractivity contribution in [3.05, 3.63) is 12.7 Å². The van der Waals surface area contributed by atoms with Crippen LogP contribution in [-0.2, 0) is 6.54 Å². The summed E-state index contributed by atoms with van der Waals surface area (Å²) >= 11 is 0. The van der Waals surface area contributed by atoms with E-state index in [4.69, 9.17) is 0 Å². The van der Waals surface area contributed by atoms with E-state index in [-0.39, 0.29) is 0 Å². The molecule has 0 aliphatic rings. The van der Waals surface area contributed by atoms with Gasteiger partial charge in [-0.3, -0.25) is 4.68 Å². The molecule has 0 aliphatic heterocycles. The Hall–Kier alpha value is -0.940. The highest BCUT2D eigenvalue weighted by Crippen LogP contribution is 1.91. The molecule has 0 amide bonds. The normalized spacial score (nSPS) is 13.2. The second kappa shape index (κ2) is 7.35. The van der Waals surface area contributed by atoms with Gasteiger partial charge in [-0.15, -0.1) is 0 Å². The molecule has 0 aromatic carbocycles. The van der Waals surface area contributed by atoms with Crippen LogP contribution in [0.25, 0.3) is 0 Å². The van der Waals surface area contributed by atoms with Crippen molar-refractivity contribution in [2.75, 3.05) is 26.2 Å². The highest BCUT2D eigenvalue weighted by atomic mass is 15.3. The molecule has 1 aromatic heterocycles. The first kappa shape index (κ1) is 13.1. The molecule has 0 saturated heterocycles. The van der Waals surface area contributed by atoms with Gasteiger partial charge in [-0.1, -0.05) is 13.8 Å². The lowest BCUT2D eigenvalue weighted by atomic mass is 10.3. The molecule has 1 heterocycles. The van der Waals surface area contributed by atoms with Gasteiger partial charge in [0.2, 0.25) is 0 Å². The number of nitrogens with zero attached hydrogens (tertiary/aromatic N) is 4. The molecule has 92 valence electrons. The van der Waals surface area contributed by atoms with Crippen molar-refractivity contribution in [3.63, 3.8) is 0 Å². The first-order valence-electron chi connectivity index (χ1n) is 6.04. The van der Waals surface area contributed by atoms with Gasteiger partial charge < -0.3 is 10.2 Å². The van der Waals surface area contributed by atoms with Gasteiger partial charge in [0.05, 0.1) is 6.54 Å². The summed E-state index contributed by atoms with van der Waals surface area (Å²) in [5, 5.41) is 7.55. The van der Waals surface area contributed by atoms with Crippen molar-refractivity contribution in [3.8, 4) is 0 Å². The fourth-order valence-electron chi connectivity index (χ4n) is 1.71. The fraction of sp³-hybridized carbons (Fsp3) is 0.818. The zero-order valence-corrected chi connectivity index (χ0v) is 10.6. The monoisotopic (exact) mass is 225 g/mol. The average molecular weight is 225 g/mol. The minimum absolute atomic E-state index is 0.517. The minimum Gasteiger partial charge on any atom is -0.311 e. The maximum absolute atomic E-state index is 4.06. The quantitative estimate of drug-likeness (QED) is 0.703. The van der Waals surface area contributed by atoms with Gasteiger partial charge in [-0.25, -0.2) is 4.98 Å². The Morgan fingerprint density at radius 1 is 1.38 bits per heavy atom. The molecule has 0 fully saturated rings. The molecule has 0 saturated carbocycles. The van der Waals surface area contributed by atoms with E-state index >= 15 is 0 Å². The Labute approximate surface area is 97.9 Å². The number of aromatic nitrogens is 3. The molecule has 1 aromatic rings. The third kappa shape index (κ3) is 4.72. The second-order valence-electron chi connectivity index (χ2n) is 4.00. The van der Waals surface area contributed by atoms with E-state index in [1.807, 2.05) is 4.68 Å². The Bertz CT molecular complexity index is 255. The number of hydrogen-bond donors (Lipinski definition) is 1. The molecule has 5 heteroatoms. The SMILES string of the molecule is CCN(CC)CC(C)NCCn1cncn1. The van der Waals surface area contributed by atoms with E-state index in [1.165, 1.54) is 0 Å². The van der Waals surface area contributed by atoms with Crippen LogP contribution in [0.2, 0.25) is 0 Å². The molecule has 0 spiro atoms. The third-order valence-electron chi connectivity index (χ3n) is 2.73. The molecule has 1 unspecified atom stereocenters. The zero-order chi connectivity index (χ0) is 11.8. The Morgan fingerprint density at radius 2 is 2.12 bits per heavy atom. The van der Waals surface area contributed by atoms with Crippen LogP contribution in [0.5, 0.6) is 0 Å². The van der Waals surface area contributed by atoms with Crippen molar-refractivity contribution >= 4 is 0 Å². The molecule has 1 N–H and O–H groups in total. The van der Waals surface area contributed by atoms with E-state index < -0.39 is 0 Å². The molecule has 1 atom stereocenters. The maximum Gasteiger partial charge on any atom is 0.137 e. The van der Waals surface area contributed by atoms with Gasteiger partial charge in [-0.2, -0.15) is 5.10 Å². The smallest absolute Gasteiger partial charge is 0.137 e. The summed E-state index contributed by atoms with van der Waals surface area (Å²) in [6.07, 6.45) is 3.32. The third-order valence-corrected chi connectivity index (χ3v) is 2.73. The Kier molecular flexibility index (Phi) is 6.03. The first-order chi connectivity index (χ1) is 7.76. The predicted molar refractivity (Wildman–Crippen MR) is 65.3 cm³/mol. The molecule has 5 nitrogen and oxygen atoms in total. The van der Waals surface area contributed by atoms with E-state index in [0.29, 0.717) is 6.04 Å². The van der Waals surface area contributed by atoms with Gasteiger partial charge in [0.25, 0.3) is 0 Å². The topological polar surface area (TPSA) is 46.0 Å². The van der Waals surface area contributed by atoms with Crippen LogP contribution in [0.3, 0.4) is 0 Å². The van der Waals surface area contributed by atoms with Crippen LogP contribution >= 0.6 is 0 Å². The number of likely N-dealkylation sites (N-methyl/N-ethyl adjacent to an activating group) is 1. The van der Waals surface area contributed by atoms with Crippen LogP contribution in [0, 0.1) is 0 Å². The highest BCUT2D eigenvalue weighted by Gasteiger charge is 2.05. The predicted octanol–water partition coefficient (Wildman–Crippen LogP) is 0.598. The van der Waals surface area contributed by atoms with Crippen molar-refractivity contribution in [1.29, 1.82) is 0 Å². The summed E-state index contributed by atoms with van der Waals surface area (Å²) in [6.45, 7) is 11.8. The van der Waals surface area contributed by atoms with E-state index in [0.717, 1.165) is 32.7 Å². The minimum atomic E-state index is 0.517. The van der Waals surface area contributed by atoms with E-state index in [1.54, 1.807) is 12.7 Å². The molecular weight excluding hydrogens is 202 g/mol. The molecule has 0 bridgehead atoms. The van der Waals surface area contributed by atoms with Crippen molar-refractivity contribution < 1.29 is 0 Å². The van der Waals surface area contributed by atoms with Crippen LogP contribution in [0.1, 0.15) is 20.8 Å². The average Bonchev–Trinajstić information content (AvgIpc) is 2.79. The Morgan fingerprint density at radius 3 is 2.69 bits per heavy atom. The van der Waals surface area contributed by atoms with E-state index in [9.17, 15) is 0 Å². The number of nitrogens with one attached hydrogen (secondary N) is 1. The van der Waals surface area contributed by atoms with Crippen LogP contribution in [-0.4, -0.2) is 51.9 Å². The molecule has 0 radical (unpaired) electrons. The summed E-state index contributed by atoms with van der Waals surface area (Å²) in [5.41, 5.74) is 0. The summed E-state index contributed by atoms with van der Waals surface area (Å²) < 4.78 is 1.84. The molecule has 16 heavy (non-hydrogen) atoms. The zero-order valence-electron chi connectivity index (χ0n) is 10.6. The van der Waals surface area contributed by atoms with Gasteiger partial charge in [0, 0.05) is 19.1 Å². The molecule has 1 rings (SSSR count). The lowest BCUT2D eigenvalue weighted by molar-refractivity contribution is 0.270. The lowest BCUT2D eigenvalue weighted by Gasteiger charge is -2.23. The van der Waals surface area contributed by atoms with Crippen molar-refractivity contribution in [1.82, 2.24) is 25.0 Å². The summed E-state index contributed by atoms with van der Waals surface area (Å²) in [7, 11) is 0. The van der Waals surface area contributed by atoms with Crippen LogP contribution in [0.4, 0.5) is 0 Å². The summed E-state index contributed by atoms with van der Waals surface area (Å²) in [4.78, 5) is 6.33. The van der Waals surface area contributed by atoms with Crippen molar-refractivity contribution in [2.45, 2.75) is 33.4 Å². The molecule has 0 aliphatic carbocycles. The lowest BCUT2D eigenvalue weighted by Crippen LogP contribution is -2.40. The van der Waals surface area contributed by atoms with Gasteiger partial charge in [-0.05, 0) is 20.0 Å². The van der Waals surface area contributed by atoms with Gasteiger partial charge in [0.1, 0.15) is 12.7 Å². The first-order valence-corrected chi connectivity index (χ1v) is 6.04. The maximum atomic E-state index is 4.06. The van der Waals surface area contributed by atoms with Crippen LogP contribution in [0.15, 0.2) is 12.7 Å². The number of rotatable bonds is 8. The molecular formula is C11H23N5. The summed E-state index contributed by atoms with van der Waals surface area (Å²) in [6, 6.07) is 0.517. The van der Waals surface area contributed by atoms with Gasteiger partial charge in [0.15, 0.2) is 0 Å². The van der Waals surface area contributed by atoms with Crippen LogP contribution < -0.4 is 5.32 Å².